The summed E-state index contributed by atoms with van der Waals surface area (Å²) in [6, 6.07) is -4.65. The molecule has 4 amide bonds. The molecule has 0 fully saturated rings. The van der Waals surface area contributed by atoms with Gasteiger partial charge in [0.1, 0.15) is 18.1 Å². The van der Waals surface area contributed by atoms with Crippen LogP contribution in [0.5, 0.6) is 0 Å². The van der Waals surface area contributed by atoms with Crippen LogP contribution in [-0.4, -0.2) is 83.4 Å². The summed E-state index contributed by atoms with van der Waals surface area (Å²) in [6.45, 7) is 1.53. The fourth-order valence-electron chi connectivity index (χ4n) is 2.50. The number of nitrogens with zero attached hydrogens (tertiary/aromatic N) is 1. The predicted molar refractivity (Wildman–Crippen MR) is 124 cm³/mol. The maximum absolute atomic E-state index is 12.6. The molecule has 0 aliphatic carbocycles. The highest BCUT2D eigenvalue weighted by Crippen LogP contribution is 2.03. The summed E-state index contributed by atoms with van der Waals surface area (Å²) in [6.07, 6.45) is 1.94. The number of nitrogens with one attached hydrogen (secondary N) is 3. The SMILES string of the molecule is CSCCC(N)C(=O)NC(C)C(=O)NC(CC(N)=O)C(=O)NC(CCCN=C(N)N)C(=O)O. The Hall–Kier alpha value is -3.07. The Kier molecular flexibility index (Phi) is 14.2. The zero-order valence-electron chi connectivity index (χ0n) is 18.7. The molecule has 15 heteroatoms. The van der Waals surface area contributed by atoms with E-state index in [4.69, 9.17) is 22.9 Å². The number of hydrogen-bond acceptors (Lipinski definition) is 8. The minimum atomic E-state index is -1.45. The van der Waals surface area contributed by atoms with Gasteiger partial charge in [-0.1, -0.05) is 0 Å². The highest BCUT2D eigenvalue weighted by molar-refractivity contribution is 7.98. The number of primary amides is 1. The fourth-order valence-corrected chi connectivity index (χ4v) is 2.99. The summed E-state index contributed by atoms with van der Waals surface area (Å²) < 4.78 is 0. The van der Waals surface area contributed by atoms with Crippen molar-refractivity contribution >= 4 is 47.3 Å². The Labute approximate surface area is 196 Å². The molecular formula is C18H34N8O6S. The molecule has 0 aliphatic rings. The second kappa shape index (κ2) is 15.7. The van der Waals surface area contributed by atoms with Crippen LogP contribution in [0.2, 0.25) is 0 Å². The Balaban J connectivity index is 5.07. The summed E-state index contributed by atoms with van der Waals surface area (Å²) >= 11 is 1.52. The van der Waals surface area contributed by atoms with Crippen molar-refractivity contribution in [3.8, 4) is 0 Å². The molecule has 188 valence electrons. The molecule has 12 N–H and O–H groups in total. The van der Waals surface area contributed by atoms with E-state index in [1.54, 1.807) is 0 Å². The maximum Gasteiger partial charge on any atom is 0.326 e. The monoisotopic (exact) mass is 490 g/mol. The normalized spacial score (nSPS) is 14.2. The lowest BCUT2D eigenvalue weighted by Crippen LogP contribution is -2.57. The lowest BCUT2D eigenvalue weighted by atomic mass is 10.1. The Morgan fingerprint density at radius 3 is 2.06 bits per heavy atom. The molecule has 0 rings (SSSR count). The molecule has 4 atom stereocenters. The highest BCUT2D eigenvalue weighted by atomic mass is 32.2. The van der Waals surface area contributed by atoms with Crippen LogP contribution in [0.1, 0.15) is 32.6 Å². The van der Waals surface area contributed by atoms with Crippen LogP contribution in [0.15, 0.2) is 4.99 Å². The van der Waals surface area contributed by atoms with Gasteiger partial charge in [0, 0.05) is 6.54 Å². The summed E-state index contributed by atoms with van der Waals surface area (Å²) in [5.74, 6) is -3.96. The lowest BCUT2D eigenvalue weighted by molar-refractivity contribution is -0.142. The molecule has 0 aliphatic heterocycles. The first-order valence-electron chi connectivity index (χ1n) is 10.1. The molecule has 0 spiro atoms. The van der Waals surface area contributed by atoms with Crippen molar-refractivity contribution in [3.63, 3.8) is 0 Å². The molecule has 0 radical (unpaired) electrons. The van der Waals surface area contributed by atoms with E-state index in [1.807, 2.05) is 6.26 Å². The second-order valence-electron chi connectivity index (χ2n) is 7.20. The van der Waals surface area contributed by atoms with Crippen LogP contribution in [0.3, 0.4) is 0 Å². The van der Waals surface area contributed by atoms with E-state index in [9.17, 15) is 29.1 Å². The second-order valence-corrected chi connectivity index (χ2v) is 8.18. The first kappa shape index (κ1) is 29.9. The van der Waals surface area contributed by atoms with E-state index in [1.165, 1.54) is 18.7 Å². The topological polar surface area (TPSA) is 258 Å². The molecule has 14 nitrogen and oxygen atoms in total. The van der Waals surface area contributed by atoms with Gasteiger partial charge in [-0.2, -0.15) is 11.8 Å². The van der Waals surface area contributed by atoms with Crippen molar-refractivity contribution in [2.75, 3.05) is 18.6 Å². The number of nitrogens with two attached hydrogens (primary N) is 4. The number of hydrogen-bond donors (Lipinski definition) is 8. The number of carbonyl (C=O) groups is 5. The Bertz CT molecular complexity index is 731. The van der Waals surface area contributed by atoms with Crippen LogP contribution in [0, 0.1) is 0 Å². The molecule has 0 heterocycles. The summed E-state index contributed by atoms with van der Waals surface area (Å²) in [5, 5.41) is 16.3. The average molecular weight is 491 g/mol. The Morgan fingerprint density at radius 2 is 1.55 bits per heavy atom. The van der Waals surface area contributed by atoms with Crippen LogP contribution >= 0.6 is 11.8 Å². The van der Waals surface area contributed by atoms with Gasteiger partial charge in [0.15, 0.2) is 5.96 Å². The van der Waals surface area contributed by atoms with Gasteiger partial charge in [-0.05, 0) is 38.2 Å². The molecule has 0 saturated carbocycles. The van der Waals surface area contributed by atoms with Crippen LogP contribution < -0.4 is 38.9 Å². The zero-order chi connectivity index (χ0) is 25.6. The number of rotatable bonds is 16. The lowest BCUT2D eigenvalue weighted by Gasteiger charge is -2.23. The first-order valence-corrected chi connectivity index (χ1v) is 11.5. The maximum atomic E-state index is 12.6. The van der Waals surface area contributed by atoms with E-state index in [-0.39, 0.29) is 25.3 Å². The van der Waals surface area contributed by atoms with E-state index in [0.717, 1.165) is 0 Å². The van der Waals surface area contributed by atoms with Crippen molar-refractivity contribution in [2.24, 2.45) is 27.9 Å². The van der Waals surface area contributed by atoms with Crippen molar-refractivity contribution in [3.05, 3.63) is 0 Å². The number of carbonyl (C=O) groups excluding carboxylic acids is 4. The molecule has 0 aromatic rings. The third-order valence-electron chi connectivity index (χ3n) is 4.32. The predicted octanol–water partition coefficient (Wildman–Crippen LogP) is -3.45. The van der Waals surface area contributed by atoms with Gasteiger partial charge in [0.2, 0.25) is 23.6 Å². The van der Waals surface area contributed by atoms with Gasteiger partial charge in [0.05, 0.1) is 12.5 Å². The van der Waals surface area contributed by atoms with Gasteiger partial charge < -0.3 is 44.0 Å². The number of amides is 4. The number of guanidine groups is 1. The zero-order valence-corrected chi connectivity index (χ0v) is 19.5. The summed E-state index contributed by atoms with van der Waals surface area (Å²) in [4.78, 5) is 63.7. The van der Waals surface area contributed by atoms with Crippen molar-refractivity contribution in [2.45, 2.75) is 56.8 Å². The molecule has 4 unspecified atom stereocenters. The van der Waals surface area contributed by atoms with Gasteiger partial charge >= 0.3 is 5.97 Å². The largest absolute Gasteiger partial charge is 0.480 e. The molecular weight excluding hydrogens is 456 g/mol. The van der Waals surface area contributed by atoms with E-state index in [2.05, 4.69) is 20.9 Å². The van der Waals surface area contributed by atoms with Gasteiger partial charge in [0.25, 0.3) is 0 Å². The smallest absolute Gasteiger partial charge is 0.326 e. The van der Waals surface area contributed by atoms with Gasteiger partial charge in [-0.15, -0.1) is 0 Å². The number of carboxylic acids is 1. The number of aliphatic imine (C=N–C) groups is 1. The van der Waals surface area contributed by atoms with Crippen molar-refractivity contribution in [1.82, 2.24) is 16.0 Å². The molecule has 33 heavy (non-hydrogen) atoms. The van der Waals surface area contributed by atoms with Crippen LogP contribution in [-0.2, 0) is 24.0 Å². The van der Waals surface area contributed by atoms with Gasteiger partial charge in [-0.25, -0.2) is 4.79 Å². The standard InChI is InChI=1S/C18H34N8O6S/c1-9(24-15(29)10(19)5-7-33-2)14(28)26-12(8-13(20)27)16(30)25-11(17(31)32)4-3-6-23-18(21)22/h9-12H,3-8,19H2,1-2H3,(H2,20,27)(H,24,29)(H,25,30)(H,26,28)(H,31,32)(H4,21,22,23). The number of carboxylic acid groups (broad SMARTS) is 1. The third kappa shape index (κ3) is 13.2. The quantitative estimate of drug-likeness (QED) is 0.0602. The van der Waals surface area contributed by atoms with E-state index in [0.29, 0.717) is 12.2 Å². The first-order chi connectivity index (χ1) is 15.4. The van der Waals surface area contributed by atoms with E-state index >= 15 is 0 Å². The summed E-state index contributed by atoms with van der Waals surface area (Å²) in [5.41, 5.74) is 21.3. The molecule has 0 aromatic heterocycles. The Morgan fingerprint density at radius 1 is 0.939 bits per heavy atom. The van der Waals surface area contributed by atoms with Crippen LogP contribution in [0.25, 0.3) is 0 Å². The van der Waals surface area contributed by atoms with Crippen molar-refractivity contribution in [1.29, 1.82) is 0 Å². The summed E-state index contributed by atoms with van der Waals surface area (Å²) in [7, 11) is 0. The fraction of sp³-hybridized carbons (Fsp3) is 0.667. The van der Waals surface area contributed by atoms with Crippen LogP contribution in [0.4, 0.5) is 0 Å². The van der Waals surface area contributed by atoms with Gasteiger partial charge in [-0.3, -0.25) is 24.2 Å². The molecule has 0 bridgehead atoms. The third-order valence-corrected chi connectivity index (χ3v) is 4.96. The van der Waals surface area contributed by atoms with E-state index < -0.39 is 60.2 Å². The molecule has 0 aromatic carbocycles. The number of thioether (sulfide) groups is 1. The van der Waals surface area contributed by atoms with Crippen molar-refractivity contribution < 1.29 is 29.1 Å². The number of aliphatic carboxylic acids is 1. The average Bonchev–Trinajstić information content (AvgIpc) is 2.72. The molecule has 0 saturated heterocycles. The minimum Gasteiger partial charge on any atom is -0.480 e. The minimum absolute atomic E-state index is 0.00448. The highest BCUT2D eigenvalue weighted by Gasteiger charge is 2.29.